The van der Waals surface area contributed by atoms with Crippen LogP contribution in [0.5, 0.6) is 5.75 Å². The number of ether oxygens (including phenoxy) is 2. The number of likely N-dealkylation sites (tertiary alicyclic amines) is 1. The van der Waals surface area contributed by atoms with Crippen LogP contribution in [0.15, 0.2) is 29.2 Å². The van der Waals surface area contributed by atoms with Gasteiger partial charge in [0.15, 0.2) is 0 Å². The number of hydrogen-bond donors (Lipinski definition) is 1. The standard InChI is InChI=1S/C17H26N2O4S.ClH/c1-22-9-8-19-11-16(13-6-7-13)17(12-19)18-24(20,21)15-5-3-4-14(10-15)23-2;/h3-5,10,13,16-18H,6-9,11-12H2,1-2H3;1H/t16-,17+;/m1./s1. The summed E-state index contributed by atoms with van der Waals surface area (Å²) in [6.07, 6.45) is 2.42. The van der Waals surface area contributed by atoms with E-state index >= 15 is 0 Å². The normalized spacial score (nSPS) is 24.1. The molecule has 1 saturated carbocycles. The number of methoxy groups -OCH3 is 2. The van der Waals surface area contributed by atoms with Crippen LogP contribution in [0.2, 0.25) is 0 Å². The Balaban J connectivity index is 0.00000225. The minimum absolute atomic E-state index is 0. The van der Waals surface area contributed by atoms with Gasteiger partial charge in [-0.25, -0.2) is 13.1 Å². The van der Waals surface area contributed by atoms with E-state index in [0.29, 0.717) is 24.2 Å². The zero-order valence-electron chi connectivity index (χ0n) is 14.7. The molecule has 1 aliphatic heterocycles. The summed E-state index contributed by atoms with van der Waals surface area (Å²) >= 11 is 0. The molecule has 1 saturated heterocycles. The first kappa shape index (κ1) is 20.5. The first-order chi connectivity index (χ1) is 11.5. The van der Waals surface area contributed by atoms with Gasteiger partial charge >= 0.3 is 0 Å². The molecule has 0 amide bonds. The molecule has 1 aromatic rings. The Morgan fingerprint density at radius 2 is 2.00 bits per heavy atom. The minimum atomic E-state index is -3.55. The van der Waals surface area contributed by atoms with Crippen molar-refractivity contribution in [3.8, 4) is 5.75 Å². The van der Waals surface area contributed by atoms with Gasteiger partial charge in [0.2, 0.25) is 10.0 Å². The molecule has 1 N–H and O–H groups in total. The Bertz CT molecular complexity index is 666. The third kappa shape index (κ3) is 5.08. The summed E-state index contributed by atoms with van der Waals surface area (Å²) in [5.74, 6) is 1.59. The average molecular weight is 391 g/mol. The molecule has 1 aliphatic carbocycles. The van der Waals surface area contributed by atoms with Crippen molar-refractivity contribution in [1.82, 2.24) is 9.62 Å². The van der Waals surface area contributed by atoms with Gasteiger partial charge in [-0.05, 0) is 36.8 Å². The van der Waals surface area contributed by atoms with Crippen LogP contribution in [0.25, 0.3) is 0 Å². The zero-order valence-corrected chi connectivity index (χ0v) is 16.3. The topological polar surface area (TPSA) is 67.9 Å². The van der Waals surface area contributed by atoms with Crippen LogP contribution >= 0.6 is 12.4 Å². The molecule has 2 atom stereocenters. The molecule has 2 fully saturated rings. The van der Waals surface area contributed by atoms with E-state index in [4.69, 9.17) is 9.47 Å². The van der Waals surface area contributed by atoms with Crippen molar-refractivity contribution in [3.05, 3.63) is 24.3 Å². The lowest BCUT2D eigenvalue weighted by atomic mass is 9.99. The van der Waals surface area contributed by atoms with Crippen LogP contribution in [-0.4, -0.2) is 59.8 Å². The van der Waals surface area contributed by atoms with Crippen LogP contribution in [0.4, 0.5) is 0 Å². The van der Waals surface area contributed by atoms with Crippen LogP contribution < -0.4 is 9.46 Å². The van der Waals surface area contributed by atoms with E-state index in [2.05, 4.69) is 9.62 Å². The van der Waals surface area contributed by atoms with Crippen molar-refractivity contribution in [1.29, 1.82) is 0 Å². The number of benzene rings is 1. The second-order valence-electron chi connectivity index (χ2n) is 6.66. The third-order valence-electron chi connectivity index (χ3n) is 4.94. The first-order valence-corrected chi connectivity index (χ1v) is 9.89. The van der Waals surface area contributed by atoms with Crippen molar-refractivity contribution >= 4 is 22.4 Å². The molecule has 25 heavy (non-hydrogen) atoms. The Morgan fingerprint density at radius 3 is 2.64 bits per heavy atom. The monoisotopic (exact) mass is 390 g/mol. The Morgan fingerprint density at radius 1 is 1.24 bits per heavy atom. The van der Waals surface area contributed by atoms with E-state index in [-0.39, 0.29) is 23.3 Å². The summed E-state index contributed by atoms with van der Waals surface area (Å²) in [7, 11) is -0.320. The fraction of sp³-hybridized carbons (Fsp3) is 0.647. The maximum absolute atomic E-state index is 12.8. The van der Waals surface area contributed by atoms with Crippen molar-refractivity contribution < 1.29 is 17.9 Å². The molecule has 0 bridgehead atoms. The Hall–Kier alpha value is -0.860. The van der Waals surface area contributed by atoms with Gasteiger partial charge in [-0.2, -0.15) is 0 Å². The van der Waals surface area contributed by atoms with E-state index in [9.17, 15) is 8.42 Å². The highest BCUT2D eigenvalue weighted by molar-refractivity contribution is 7.89. The molecule has 1 heterocycles. The van der Waals surface area contributed by atoms with Crippen molar-refractivity contribution in [2.45, 2.75) is 23.8 Å². The van der Waals surface area contributed by atoms with Crippen molar-refractivity contribution in [3.63, 3.8) is 0 Å². The number of hydrogen-bond acceptors (Lipinski definition) is 5. The summed E-state index contributed by atoms with van der Waals surface area (Å²) in [6.45, 7) is 3.21. The lowest BCUT2D eigenvalue weighted by molar-refractivity contribution is 0.158. The maximum atomic E-state index is 12.8. The predicted molar refractivity (Wildman–Crippen MR) is 98.9 cm³/mol. The molecule has 142 valence electrons. The lowest BCUT2D eigenvalue weighted by Gasteiger charge is -2.19. The number of nitrogens with zero attached hydrogens (tertiary/aromatic N) is 1. The highest BCUT2D eigenvalue weighted by Gasteiger charge is 2.43. The molecule has 6 nitrogen and oxygen atoms in total. The van der Waals surface area contributed by atoms with E-state index in [0.717, 1.165) is 19.6 Å². The fourth-order valence-electron chi connectivity index (χ4n) is 3.48. The molecule has 0 aromatic heterocycles. The predicted octanol–water partition coefficient (Wildman–Crippen LogP) is 1.75. The van der Waals surface area contributed by atoms with Gasteiger partial charge in [-0.15, -0.1) is 12.4 Å². The smallest absolute Gasteiger partial charge is 0.241 e. The molecular weight excluding hydrogens is 364 g/mol. The summed E-state index contributed by atoms with van der Waals surface area (Å²) in [6, 6.07) is 6.57. The molecule has 0 spiro atoms. The largest absolute Gasteiger partial charge is 0.497 e. The fourth-order valence-corrected chi connectivity index (χ4v) is 4.79. The van der Waals surface area contributed by atoms with Gasteiger partial charge in [0.05, 0.1) is 18.6 Å². The number of halogens is 1. The SMILES string of the molecule is COCCN1C[C@H](NS(=O)(=O)c2cccc(OC)c2)[C@@H](C2CC2)C1.Cl. The third-order valence-corrected chi connectivity index (χ3v) is 6.43. The van der Waals surface area contributed by atoms with Crippen molar-refractivity contribution in [2.75, 3.05) is 40.5 Å². The Kier molecular flexibility index (Phi) is 7.10. The summed E-state index contributed by atoms with van der Waals surface area (Å²) in [5, 5.41) is 0. The minimum Gasteiger partial charge on any atom is -0.497 e. The van der Waals surface area contributed by atoms with Gasteiger partial charge < -0.3 is 9.47 Å². The van der Waals surface area contributed by atoms with Crippen molar-refractivity contribution in [2.24, 2.45) is 11.8 Å². The highest BCUT2D eigenvalue weighted by atomic mass is 35.5. The van der Waals surface area contributed by atoms with Crippen LogP contribution in [-0.2, 0) is 14.8 Å². The molecule has 8 heteroatoms. The highest BCUT2D eigenvalue weighted by Crippen LogP contribution is 2.41. The van der Waals surface area contributed by atoms with Gasteiger partial charge in [0, 0.05) is 38.9 Å². The number of rotatable bonds is 8. The van der Waals surface area contributed by atoms with Crippen LogP contribution in [0.1, 0.15) is 12.8 Å². The zero-order chi connectivity index (χ0) is 17.2. The van der Waals surface area contributed by atoms with E-state index < -0.39 is 10.0 Å². The van der Waals surface area contributed by atoms with E-state index in [1.807, 2.05) is 0 Å². The van der Waals surface area contributed by atoms with Gasteiger partial charge in [-0.1, -0.05) is 6.07 Å². The average Bonchev–Trinajstić information content (AvgIpc) is 3.35. The lowest BCUT2D eigenvalue weighted by Crippen LogP contribution is -2.41. The van der Waals surface area contributed by atoms with Crippen LogP contribution in [0.3, 0.4) is 0 Å². The molecule has 1 aromatic carbocycles. The first-order valence-electron chi connectivity index (χ1n) is 8.41. The second-order valence-corrected chi connectivity index (χ2v) is 8.37. The van der Waals surface area contributed by atoms with Gasteiger partial charge in [0.25, 0.3) is 0 Å². The molecular formula is C17H27ClN2O4S. The number of nitrogens with one attached hydrogen (secondary N) is 1. The maximum Gasteiger partial charge on any atom is 0.241 e. The Labute approximate surface area is 156 Å². The quantitative estimate of drug-likeness (QED) is 0.732. The van der Waals surface area contributed by atoms with Gasteiger partial charge in [0.1, 0.15) is 5.75 Å². The van der Waals surface area contributed by atoms with Gasteiger partial charge in [-0.3, -0.25) is 4.90 Å². The summed E-state index contributed by atoms with van der Waals surface area (Å²) in [5.41, 5.74) is 0. The summed E-state index contributed by atoms with van der Waals surface area (Å²) < 4.78 is 38.7. The second kappa shape index (κ2) is 8.68. The molecule has 0 unspecified atom stereocenters. The van der Waals surface area contributed by atoms with E-state index in [1.54, 1.807) is 31.4 Å². The molecule has 0 radical (unpaired) electrons. The van der Waals surface area contributed by atoms with E-state index in [1.165, 1.54) is 20.0 Å². The molecule has 3 rings (SSSR count). The summed E-state index contributed by atoms with van der Waals surface area (Å²) in [4.78, 5) is 2.55. The number of sulfonamides is 1. The van der Waals surface area contributed by atoms with Crippen LogP contribution in [0, 0.1) is 11.8 Å². The molecule has 2 aliphatic rings.